The van der Waals surface area contributed by atoms with Gasteiger partial charge in [0.25, 0.3) is 0 Å². The number of halogens is 1. The molecule has 3 rings (SSSR count). The fourth-order valence-corrected chi connectivity index (χ4v) is 4.98. The first-order valence-electron chi connectivity index (χ1n) is 10.1. The lowest BCUT2D eigenvalue weighted by atomic mass is 9.69. The number of nitrogens with zero attached hydrogens (tertiary/aromatic N) is 2. The molecule has 0 spiro atoms. The molecule has 0 radical (unpaired) electrons. The Morgan fingerprint density at radius 2 is 1.96 bits per heavy atom. The number of carbonyl (C=O) groups is 1. The summed E-state index contributed by atoms with van der Waals surface area (Å²) in [6.07, 6.45) is 3.14. The zero-order valence-corrected chi connectivity index (χ0v) is 17.8. The molecule has 2 aromatic rings. The maximum atomic E-state index is 13.8. The van der Waals surface area contributed by atoms with E-state index in [1.807, 2.05) is 31.2 Å². The van der Waals surface area contributed by atoms with Crippen LogP contribution in [0.4, 0.5) is 0 Å². The predicted octanol–water partition coefficient (Wildman–Crippen LogP) is 5.12. The van der Waals surface area contributed by atoms with Crippen molar-refractivity contribution < 1.29 is 9.90 Å². The van der Waals surface area contributed by atoms with Gasteiger partial charge in [-0.3, -0.25) is 9.89 Å². The summed E-state index contributed by atoms with van der Waals surface area (Å²) in [5.74, 6) is 0.431. The predicted molar refractivity (Wildman–Crippen MR) is 111 cm³/mol. The number of rotatable bonds is 6. The van der Waals surface area contributed by atoms with Gasteiger partial charge in [-0.25, -0.2) is 0 Å². The van der Waals surface area contributed by atoms with Crippen molar-refractivity contribution >= 4 is 17.5 Å². The topological polar surface area (TPSA) is 69.2 Å². The number of benzene rings is 1. The molecule has 0 aliphatic carbocycles. The second-order valence-electron chi connectivity index (χ2n) is 8.35. The first-order chi connectivity index (χ1) is 13.3. The van der Waals surface area contributed by atoms with Gasteiger partial charge in [-0.2, -0.15) is 0 Å². The standard InChI is InChI=1S/C22H30ClN3O2/c1-5-18(6-2)26-20(15-7-9-16(23)10-8-15)14(3)12-22(4,21(26)28)13-17-11-19(27)25-24-17/h7-11,14,18,20H,5-6,12-13H2,1-4H3,(H2,24,25,27)/t14?,20-,22+/m0/s1. The number of aromatic nitrogens is 2. The number of aromatic amines is 1. The Morgan fingerprint density at radius 1 is 1.32 bits per heavy atom. The molecule has 2 heterocycles. The van der Waals surface area contributed by atoms with Crippen LogP contribution in [0, 0.1) is 11.3 Å². The largest absolute Gasteiger partial charge is 0.492 e. The molecule has 2 N–H and O–H groups in total. The average Bonchev–Trinajstić information content (AvgIpc) is 3.05. The van der Waals surface area contributed by atoms with Crippen LogP contribution in [-0.4, -0.2) is 32.2 Å². The third-order valence-corrected chi connectivity index (χ3v) is 6.36. The third-order valence-electron chi connectivity index (χ3n) is 6.11. The van der Waals surface area contributed by atoms with E-state index >= 15 is 0 Å². The zero-order valence-electron chi connectivity index (χ0n) is 17.1. The lowest BCUT2D eigenvalue weighted by Crippen LogP contribution is -2.56. The van der Waals surface area contributed by atoms with E-state index in [0.29, 0.717) is 17.4 Å². The minimum atomic E-state index is -0.538. The van der Waals surface area contributed by atoms with Crippen molar-refractivity contribution in [1.29, 1.82) is 0 Å². The van der Waals surface area contributed by atoms with Crippen LogP contribution in [0.25, 0.3) is 0 Å². The Balaban J connectivity index is 1.99. The van der Waals surface area contributed by atoms with Gasteiger partial charge in [0.1, 0.15) is 0 Å². The lowest BCUT2D eigenvalue weighted by Gasteiger charge is -2.51. The summed E-state index contributed by atoms with van der Waals surface area (Å²) in [5, 5.41) is 16.9. The maximum absolute atomic E-state index is 13.8. The van der Waals surface area contributed by atoms with Crippen molar-refractivity contribution in [3.8, 4) is 5.88 Å². The maximum Gasteiger partial charge on any atom is 0.230 e. The smallest absolute Gasteiger partial charge is 0.230 e. The monoisotopic (exact) mass is 403 g/mol. The first kappa shape index (κ1) is 20.7. The van der Waals surface area contributed by atoms with Crippen molar-refractivity contribution in [2.24, 2.45) is 11.3 Å². The molecule has 1 aromatic carbocycles. The fourth-order valence-electron chi connectivity index (χ4n) is 4.85. The molecule has 0 saturated carbocycles. The van der Waals surface area contributed by atoms with E-state index in [4.69, 9.17) is 11.6 Å². The number of amides is 1. The van der Waals surface area contributed by atoms with Crippen LogP contribution >= 0.6 is 11.6 Å². The number of hydrogen-bond acceptors (Lipinski definition) is 3. The van der Waals surface area contributed by atoms with Gasteiger partial charge in [0.2, 0.25) is 11.8 Å². The second kappa shape index (κ2) is 8.16. The van der Waals surface area contributed by atoms with E-state index in [-0.39, 0.29) is 23.9 Å². The summed E-state index contributed by atoms with van der Waals surface area (Å²) >= 11 is 6.10. The van der Waals surface area contributed by atoms with E-state index in [0.717, 1.165) is 30.5 Å². The Kier molecular flexibility index (Phi) is 6.04. The van der Waals surface area contributed by atoms with Crippen LogP contribution in [-0.2, 0) is 11.2 Å². The Morgan fingerprint density at radius 3 is 2.50 bits per heavy atom. The van der Waals surface area contributed by atoms with Crippen molar-refractivity contribution in [2.45, 2.75) is 65.5 Å². The molecular formula is C22H30ClN3O2. The highest BCUT2D eigenvalue weighted by molar-refractivity contribution is 6.30. The van der Waals surface area contributed by atoms with E-state index in [1.54, 1.807) is 6.07 Å². The number of aromatic hydroxyl groups is 1. The summed E-state index contributed by atoms with van der Waals surface area (Å²) in [4.78, 5) is 15.9. The molecule has 1 aliphatic rings. The van der Waals surface area contributed by atoms with Crippen LogP contribution < -0.4 is 0 Å². The SMILES string of the molecule is CCC(CC)N1C(=O)[C@@](C)(Cc2cc(O)n[nH]2)CC(C)[C@H]1c1ccc(Cl)cc1. The van der Waals surface area contributed by atoms with Crippen LogP contribution in [0.1, 0.15) is 64.3 Å². The van der Waals surface area contributed by atoms with E-state index < -0.39 is 5.41 Å². The van der Waals surface area contributed by atoms with Gasteiger partial charge < -0.3 is 10.0 Å². The number of H-pyrrole nitrogens is 1. The summed E-state index contributed by atoms with van der Waals surface area (Å²) < 4.78 is 0. The molecule has 5 nitrogen and oxygen atoms in total. The summed E-state index contributed by atoms with van der Waals surface area (Å²) in [5.41, 5.74) is 1.39. The Hall–Kier alpha value is -2.01. The van der Waals surface area contributed by atoms with Gasteiger partial charge in [-0.1, -0.05) is 51.4 Å². The summed E-state index contributed by atoms with van der Waals surface area (Å²) in [6.45, 7) is 8.55. The number of carbonyl (C=O) groups excluding carboxylic acids is 1. The van der Waals surface area contributed by atoms with Crippen LogP contribution in [0.2, 0.25) is 5.02 Å². The zero-order chi connectivity index (χ0) is 20.5. The molecule has 0 bridgehead atoms. The lowest BCUT2D eigenvalue weighted by molar-refractivity contribution is -0.157. The Bertz CT molecular complexity index is 815. The Labute approximate surface area is 172 Å². The molecular weight excluding hydrogens is 374 g/mol. The summed E-state index contributed by atoms with van der Waals surface area (Å²) in [6, 6.07) is 9.73. The van der Waals surface area contributed by atoms with Crippen molar-refractivity contribution in [1.82, 2.24) is 15.1 Å². The van der Waals surface area contributed by atoms with Gasteiger partial charge in [0.05, 0.1) is 11.5 Å². The van der Waals surface area contributed by atoms with Gasteiger partial charge in [0.15, 0.2) is 0 Å². The normalized spacial score (nSPS) is 25.5. The first-order valence-corrected chi connectivity index (χ1v) is 10.5. The molecule has 1 saturated heterocycles. The molecule has 1 amide bonds. The molecule has 3 atom stereocenters. The van der Waals surface area contributed by atoms with Crippen LogP contribution in [0.3, 0.4) is 0 Å². The highest BCUT2D eigenvalue weighted by Crippen LogP contribution is 2.47. The number of piperidine rings is 1. The van der Waals surface area contributed by atoms with Gasteiger partial charge in [-0.15, -0.1) is 5.10 Å². The van der Waals surface area contributed by atoms with E-state index in [9.17, 15) is 9.90 Å². The second-order valence-corrected chi connectivity index (χ2v) is 8.79. The molecule has 1 fully saturated rings. The molecule has 152 valence electrons. The van der Waals surface area contributed by atoms with Gasteiger partial charge in [-0.05, 0) is 42.9 Å². The fraction of sp³-hybridized carbons (Fsp3) is 0.545. The van der Waals surface area contributed by atoms with Crippen molar-refractivity contribution in [3.63, 3.8) is 0 Å². The van der Waals surface area contributed by atoms with Crippen LogP contribution in [0.15, 0.2) is 30.3 Å². The molecule has 6 heteroatoms. The van der Waals surface area contributed by atoms with Gasteiger partial charge in [0, 0.05) is 29.2 Å². The third kappa shape index (κ3) is 3.90. The van der Waals surface area contributed by atoms with Crippen LogP contribution in [0.5, 0.6) is 5.88 Å². The minimum Gasteiger partial charge on any atom is -0.492 e. The molecule has 28 heavy (non-hydrogen) atoms. The average molecular weight is 404 g/mol. The summed E-state index contributed by atoms with van der Waals surface area (Å²) in [7, 11) is 0. The van der Waals surface area contributed by atoms with Gasteiger partial charge >= 0.3 is 0 Å². The van der Waals surface area contributed by atoms with E-state index in [1.165, 1.54) is 0 Å². The number of hydrogen-bond donors (Lipinski definition) is 2. The molecule has 1 aliphatic heterocycles. The number of likely N-dealkylation sites (tertiary alicyclic amines) is 1. The van der Waals surface area contributed by atoms with Crippen molar-refractivity contribution in [3.05, 3.63) is 46.6 Å². The van der Waals surface area contributed by atoms with Crippen molar-refractivity contribution in [2.75, 3.05) is 0 Å². The quantitative estimate of drug-likeness (QED) is 0.703. The number of nitrogens with one attached hydrogen (secondary N) is 1. The minimum absolute atomic E-state index is 0.0363. The highest BCUT2D eigenvalue weighted by atomic mass is 35.5. The molecule has 1 unspecified atom stereocenters. The molecule has 1 aromatic heterocycles. The van der Waals surface area contributed by atoms with E-state index in [2.05, 4.69) is 35.9 Å². The highest BCUT2D eigenvalue weighted by Gasteiger charge is 2.49.